The number of allylic oxidation sites excluding steroid dienone is 4. The van der Waals surface area contributed by atoms with E-state index in [1.807, 2.05) is 6.08 Å². The molecule has 4 nitrogen and oxygen atoms in total. The van der Waals surface area contributed by atoms with Crippen molar-refractivity contribution in [2.24, 2.45) is 28.6 Å². The van der Waals surface area contributed by atoms with Crippen LogP contribution in [0.3, 0.4) is 0 Å². The summed E-state index contributed by atoms with van der Waals surface area (Å²) in [5.74, 6) is 1.40. The molecule has 4 rings (SSSR count). The van der Waals surface area contributed by atoms with Crippen LogP contribution in [0.15, 0.2) is 23.8 Å². The van der Waals surface area contributed by atoms with E-state index in [0.29, 0.717) is 37.1 Å². The number of rotatable bonds is 3. The Kier molecular flexibility index (Phi) is 3.84. The molecular weight excluding hydrogens is 328 g/mol. The van der Waals surface area contributed by atoms with Crippen LogP contribution in [0.5, 0.6) is 0 Å². The van der Waals surface area contributed by atoms with Crippen LogP contribution in [0.4, 0.5) is 0 Å². The predicted molar refractivity (Wildman–Crippen MR) is 97.2 cm³/mol. The first kappa shape index (κ1) is 17.7. The highest BCUT2D eigenvalue weighted by Gasteiger charge is 2.66. The Morgan fingerprint density at radius 1 is 1.19 bits per heavy atom. The van der Waals surface area contributed by atoms with E-state index >= 15 is 0 Å². The molecule has 0 aromatic carbocycles. The van der Waals surface area contributed by atoms with Gasteiger partial charge in [0.25, 0.3) is 6.47 Å². The molecule has 0 aliphatic heterocycles. The van der Waals surface area contributed by atoms with E-state index in [9.17, 15) is 14.4 Å². The minimum absolute atomic E-state index is 0.0251. The fourth-order valence-corrected chi connectivity index (χ4v) is 6.93. The summed E-state index contributed by atoms with van der Waals surface area (Å²) in [4.78, 5) is 35.7. The van der Waals surface area contributed by atoms with Crippen molar-refractivity contribution in [2.75, 3.05) is 0 Å². The predicted octanol–water partition coefficient (Wildman–Crippen LogP) is 3.80. The van der Waals surface area contributed by atoms with E-state index in [1.54, 1.807) is 6.92 Å². The second-order valence-corrected chi connectivity index (χ2v) is 9.23. The molecule has 4 heteroatoms. The van der Waals surface area contributed by atoms with Crippen LogP contribution in [-0.2, 0) is 19.1 Å². The third-order valence-electron chi connectivity index (χ3n) is 8.45. The van der Waals surface area contributed by atoms with Crippen molar-refractivity contribution < 1.29 is 19.1 Å². The maximum absolute atomic E-state index is 12.6. The largest absolute Gasteiger partial charge is 0.453 e. The second kappa shape index (κ2) is 5.64. The van der Waals surface area contributed by atoms with E-state index in [4.69, 9.17) is 4.74 Å². The zero-order valence-corrected chi connectivity index (χ0v) is 15.9. The molecule has 0 aromatic rings. The van der Waals surface area contributed by atoms with Gasteiger partial charge in [-0.05, 0) is 73.8 Å². The molecule has 4 aliphatic carbocycles. The summed E-state index contributed by atoms with van der Waals surface area (Å²) in [5.41, 5.74) is -0.0641. The minimum atomic E-state index is -0.974. The lowest BCUT2D eigenvalue weighted by atomic mass is 9.48. The van der Waals surface area contributed by atoms with Crippen molar-refractivity contribution in [3.63, 3.8) is 0 Å². The SMILES string of the molecule is CC(=O)[C@@]1(OC=O)CC[C@H]2[C@@H]3C=CC4=CC(=O)CC[C@]4(C)[C@H]3CC[C@@]21C. The Morgan fingerprint density at radius 2 is 1.92 bits per heavy atom. The van der Waals surface area contributed by atoms with Crippen LogP contribution < -0.4 is 0 Å². The molecule has 140 valence electrons. The molecule has 0 saturated heterocycles. The summed E-state index contributed by atoms with van der Waals surface area (Å²) >= 11 is 0. The van der Waals surface area contributed by atoms with Crippen LogP contribution >= 0.6 is 0 Å². The van der Waals surface area contributed by atoms with Crippen LogP contribution in [0.1, 0.15) is 59.3 Å². The molecule has 26 heavy (non-hydrogen) atoms. The fourth-order valence-electron chi connectivity index (χ4n) is 6.93. The van der Waals surface area contributed by atoms with Crippen LogP contribution in [0, 0.1) is 28.6 Å². The van der Waals surface area contributed by atoms with Crippen LogP contribution in [0.2, 0.25) is 0 Å². The maximum atomic E-state index is 12.6. The first-order chi connectivity index (χ1) is 12.3. The van der Waals surface area contributed by atoms with Crippen molar-refractivity contribution >= 4 is 18.0 Å². The van der Waals surface area contributed by atoms with Crippen molar-refractivity contribution in [2.45, 2.75) is 64.9 Å². The van der Waals surface area contributed by atoms with Gasteiger partial charge in [0.2, 0.25) is 0 Å². The normalized spacial score (nSPS) is 46.7. The van der Waals surface area contributed by atoms with E-state index in [2.05, 4.69) is 26.0 Å². The average molecular weight is 356 g/mol. The van der Waals surface area contributed by atoms with E-state index < -0.39 is 5.60 Å². The number of hydrogen-bond acceptors (Lipinski definition) is 4. The molecule has 0 N–H and O–H groups in total. The number of hydrogen-bond donors (Lipinski definition) is 0. The van der Waals surface area contributed by atoms with E-state index in [1.165, 1.54) is 5.57 Å². The van der Waals surface area contributed by atoms with Crippen molar-refractivity contribution in [3.05, 3.63) is 23.8 Å². The van der Waals surface area contributed by atoms with Gasteiger partial charge in [-0.1, -0.05) is 26.0 Å². The number of ketones is 2. The molecule has 0 bridgehead atoms. The zero-order chi connectivity index (χ0) is 18.7. The molecule has 6 atom stereocenters. The zero-order valence-electron chi connectivity index (χ0n) is 15.9. The minimum Gasteiger partial charge on any atom is -0.453 e. The number of ether oxygens (including phenoxy) is 1. The highest BCUT2D eigenvalue weighted by Crippen LogP contribution is 2.67. The lowest BCUT2D eigenvalue weighted by Gasteiger charge is -2.57. The van der Waals surface area contributed by atoms with Gasteiger partial charge in [0, 0.05) is 11.8 Å². The van der Waals surface area contributed by atoms with E-state index in [0.717, 1.165) is 25.7 Å². The molecule has 0 amide bonds. The Balaban J connectivity index is 1.75. The number of fused-ring (bicyclic) bond motifs is 5. The standard InChI is InChI=1S/C22H28O4/c1-14(24)22(26-13-23)11-8-19-17-5-4-15-12-16(25)6-9-20(15,2)18(17)7-10-21(19,22)3/h4-5,12-13,17-19H,6-11H2,1-3H3/t17-,18+,19+,20+,21+,22+/m1/s1. The van der Waals surface area contributed by atoms with Crippen LogP contribution in [0.25, 0.3) is 0 Å². The smallest absolute Gasteiger partial charge is 0.294 e. The van der Waals surface area contributed by atoms with Gasteiger partial charge in [0.05, 0.1) is 0 Å². The number of carbonyl (C=O) groups is 3. The van der Waals surface area contributed by atoms with Gasteiger partial charge in [0.1, 0.15) is 0 Å². The number of Topliss-reactive ketones (excluding diaryl/α,β-unsaturated/α-hetero) is 1. The molecule has 0 unspecified atom stereocenters. The molecule has 0 radical (unpaired) electrons. The lowest BCUT2D eigenvalue weighted by molar-refractivity contribution is -0.176. The topological polar surface area (TPSA) is 60.4 Å². The van der Waals surface area contributed by atoms with Gasteiger partial charge >= 0.3 is 0 Å². The molecule has 0 aromatic heterocycles. The molecule has 4 aliphatic rings. The summed E-state index contributed by atoms with van der Waals surface area (Å²) in [7, 11) is 0. The first-order valence-corrected chi connectivity index (χ1v) is 9.84. The van der Waals surface area contributed by atoms with Crippen LogP contribution in [-0.4, -0.2) is 23.6 Å². The van der Waals surface area contributed by atoms with Gasteiger partial charge in [-0.15, -0.1) is 0 Å². The highest BCUT2D eigenvalue weighted by atomic mass is 16.5. The average Bonchev–Trinajstić information content (AvgIpc) is 2.90. The maximum Gasteiger partial charge on any atom is 0.294 e. The summed E-state index contributed by atoms with van der Waals surface area (Å²) < 4.78 is 5.54. The Bertz CT molecular complexity index is 734. The molecule has 0 heterocycles. The monoisotopic (exact) mass is 356 g/mol. The third kappa shape index (κ3) is 2.04. The number of carbonyl (C=O) groups excluding carboxylic acids is 3. The summed E-state index contributed by atoms with van der Waals surface area (Å²) in [6.07, 6.45) is 11.2. The van der Waals surface area contributed by atoms with Crippen molar-refractivity contribution in [1.29, 1.82) is 0 Å². The quantitative estimate of drug-likeness (QED) is 0.722. The molecule has 0 spiro atoms. The Hall–Kier alpha value is -1.71. The Morgan fingerprint density at radius 3 is 2.62 bits per heavy atom. The summed E-state index contributed by atoms with van der Waals surface area (Å²) in [5, 5.41) is 0. The first-order valence-electron chi connectivity index (χ1n) is 9.84. The van der Waals surface area contributed by atoms with Crippen molar-refractivity contribution in [1.82, 2.24) is 0 Å². The molecular formula is C22H28O4. The molecule has 2 fully saturated rings. The van der Waals surface area contributed by atoms with Gasteiger partial charge in [-0.2, -0.15) is 0 Å². The fraction of sp³-hybridized carbons (Fsp3) is 0.682. The summed E-state index contributed by atoms with van der Waals surface area (Å²) in [6.45, 7) is 6.49. The Labute approximate surface area is 155 Å². The summed E-state index contributed by atoms with van der Waals surface area (Å²) in [6, 6.07) is 0. The highest BCUT2D eigenvalue weighted by molar-refractivity contribution is 5.92. The lowest BCUT2D eigenvalue weighted by Crippen LogP contribution is -2.57. The van der Waals surface area contributed by atoms with Crippen molar-refractivity contribution in [3.8, 4) is 0 Å². The van der Waals surface area contributed by atoms with E-state index in [-0.39, 0.29) is 22.4 Å². The molecule has 2 saturated carbocycles. The van der Waals surface area contributed by atoms with Gasteiger partial charge in [-0.3, -0.25) is 14.4 Å². The third-order valence-corrected chi connectivity index (χ3v) is 8.45. The van der Waals surface area contributed by atoms with Gasteiger partial charge < -0.3 is 4.74 Å². The van der Waals surface area contributed by atoms with Gasteiger partial charge in [-0.25, -0.2) is 0 Å². The second-order valence-electron chi connectivity index (χ2n) is 9.23. The van der Waals surface area contributed by atoms with Gasteiger partial charge in [0.15, 0.2) is 17.2 Å².